The van der Waals surface area contributed by atoms with Gasteiger partial charge in [-0.15, -0.1) is 0 Å². The van der Waals surface area contributed by atoms with Gasteiger partial charge in [0.25, 0.3) is 0 Å². The number of fused-ring (bicyclic) bond motifs is 1. The van der Waals surface area contributed by atoms with Gasteiger partial charge in [0.1, 0.15) is 12.7 Å². The largest absolute Gasteiger partial charge is 0.486 e. The van der Waals surface area contributed by atoms with E-state index in [0.29, 0.717) is 12.4 Å². The summed E-state index contributed by atoms with van der Waals surface area (Å²) in [6.45, 7) is 2.36. The number of methoxy groups -OCH3 is 1. The van der Waals surface area contributed by atoms with Crippen LogP contribution in [-0.4, -0.2) is 25.8 Å². The van der Waals surface area contributed by atoms with Crippen LogP contribution in [0.1, 0.15) is 12.0 Å². The van der Waals surface area contributed by atoms with Crippen molar-refractivity contribution < 1.29 is 19.0 Å². The Kier molecular flexibility index (Phi) is 2.99. The molecule has 0 N–H and O–H groups in total. The average Bonchev–Trinajstić information content (AvgIpc) is 2.28. The highest BCUT2D eigenvalue weighted by atomic mass is 16.6. The number of hydrogen-bond donors (Lipinski definition) is 0. The van der Waals surface area contributed by atoms with Crippen LogP contribution in [0.15, 0.2) is 18.2 Å². The standard InChI is InChI=1S/C12H14O4/c1-8-3-4-10-11(5-8)16-9(7-15-10)6-12(13)14-2/h3-5,9H,6-7H2,1-2H3/t9-/m1/s1. The normalized spacial score (nSPS) is 18.0. The molecule has 0 aromatic heterocycles. The van der Waals surface area contributed by atoms with Gasteiger partial charge in [0.2, 0.25) is 0 Å². The predicted molar refractivity (Wildman–Crippen MR) is 57.7 cm³/mol. The van der Waals surface area contributed by atoms with E-state index in [4.69, 9.17) is 9.47 Å². The fourth-order valence-electron chi connectivity index (χ4n) is 1.59. The molecule has 1 aromatic rings. The second-order valence-electron chi connectivity index (χ2n) is 3.78. The van der Waals surface area contributed by atoms with Crippen LogP contribution in [0.5, 0.6) is 11.5 Å². The fourth-order valence-corrected chi connectivity index (χ4v) is 1.59. The first-order chi connectivity index (χ1) is 7.69. The minimum atomic E-state index is -0.287. The van der Waals surface area contributed by atoms with Gasteiger partial charge in [-0.3, -0.25) is 4.79 Å². The van der Waals surface area contributed by atoms with Crippen molar-refractivity contribution in [3.05, 3.63) is 23.8 Å². The summed E-state index contributed by atoms with van der Waals surface area (Å²) in [6.07, 6.45) is -0.0501. The zero-order valence-corrected chi connectivity index (χ0v) is 9.36. The molecule has 0 radical (unpaired) electrons. The molecule has 0 aliphatic carbocycles. The van der Waals surface area contributed by atoms with Gasteiger partial charge in [0.15, 0.2) is 11.5 Å². The lowest BCUT2D eigenvalue weighted by Gasteiger charge is -2.26. The van der Waals surface area contributed by atoms with Gasteiger partial charge in [-0.2, -0.15) is 0 Å². The number of hydrogen-bond acceptors (Lipinski definition) is 4. The maximum atomic E-state index is 11.1. The van der Waals surface area contributed by atoms with Crippen molar-refractivity contribution in [1.82, 2.24) is 0 Å². The van der Waals surface area contributed by atoms with E-state index in [1.165, 1.54) is 7.11 Å². The van der Waals surface area contributed by atoms with Crippen LogP contribution >= 0.6 is 0 Å². The van der Waals surface area contributed by atoms with Gasteiger partial charge in [-0.1, -0.05) is 6.07 Å². The SMILES string of the molecule is COC(=O)C[C@@H]1COc2ccc(C)cc2O1. The Balaban J connectivity index is 2.08. The monoisotopic (exact) mass is 222 g/mol. The van der Waals surface area contributed by atoms with Crippen molar-refractivity contribution in [3.8, 4) is 11.5 Å². The smallest absolute Gasteiger partial charge is 0.309 e. The van der Waals surface area contributed by atoms with Crippen molar-refractivity contribution in [2.45, 2.75) is 19.4 Å². The van der Waals surface area contributed by atoms with Gasteiger partial charge in [-0.25, -0.2) is 0 Å². The second kappa shape index (κ2) is 4.43. The highest BCUT2D eigenvalue weighted by Crippen LogP contribution is 2.32. The first kappa shape index (κ1) is 10.8. The summed E-state index contributed by atoms with van der Waals surface area (Å²) in [5.74, 6) is 1.14. The Labute approximate surface area is 94.1 Å². The molecule has 0 bridgehead atoms. The van der Waals surface area contributed by atoms with Crippen LogP contribution in [0, 0.1) is 6.92 Å². The number of carbonyl (C=O) groups excluding carboxylic acids is 1. The molecule has 0 unspecified atom stereocenters. The predicted octanol–water partition coefficient (Wildman–Crippen LogP) is 1.70. The molecule has 4 heteroatoms. The van der Waals surface area contributed by atoms with E-state index in [-0.39, 0.29) is 18.5 Å². The van der Waals surface area contributed by atoms with Gasteiger partial charge in [0, 0.05) is 0 Å². The van der Waals surface area contributed by atoms with Crippen LogP contribution in [0.25, 0.3) is 0 Å². The molecule has 0 spiro atoms. The van der Waals surface area contributed by atoms with Crippen LogP contribution in [0.3, 0.4) is 0 Å². The Bertz CT molecular complexity index is 400. The van der Waals surface area contributed by atoms with E-state index >= 15 is 0 Å². The Morgan fingerprint density at radius 1 is 1.50 bits per heavy atom. The molecule has 1 atom stereocenters. The highest BCUT2D eigenvalue weighted by Gasteiger charge is 2.23. The van der Waals surface area contributed by atoms with E-state index < -0.39 is 0 Å². The molecule has 1 heterocycles. The quantitative estimate of drug-likeness (QED) is 0.714. The van der Waals surface area contributed by atoms with E-state index in [1.807, 2.05) is 25.1 Å². The van der Waals surface area contributed by atoms with Gasteiger partial charge < -0.3 is 14.2 Å². The van der Waals surface area contributed by atoms with Gasteiger partial charge in [0.05, 0.1) is 13.5 Å². The average molecular weight is 222 g/mol. The van der Waals surface area contributed by atoms with Crippen LogP contribution in [0.2, 0.25) is 0 Å². The number of rotatable bonds is 2. The van der Waals surface area contributed by atoms with Crippen LogP contribution < -0.4 is 9.47 Å². The van der Waals surface area contributed by atoms with E-state index in [2.05, 4.69) is 4.74 Å². The number of aryl methyl sites for hydroxylation is 1. The minimum Gasteiger partial charge on any atom is -0.486 e. The third-order valence-corrected chi connectivity index (χ3v) is 2.44. The molecule has 0 saturated heterocycles. The molecule has 0 amide bonds. The third-order valence-electron chi connectivity index (χ3n) is 2.44. The summed E-state index contributed by atoms with van der Waals surface area (Å²) in [7, 11) is 1.37. The number of ether oxygens (including phenoxy) is 3. The lowest BCUT2D eigenvalue weighted by molar-refractivity contribution is -0.143. The minimum absolute atomic E-state index is 0.212. The Morgan fingerprint density at radius 2 is 2.31 bits per heavy atom. The first-order valence-corrected chi connectivity index (χ1v) is 5.16. The summed E-state index contributed by atoms with van der Waals surface area (Å²) in [5, 5.41) is 0. The van der Waals surface area contributed by atoms with Crippen molar-refractivity contribution in [3.63, 3.8) is 0 Å². The topological polar surface area (TPSA) is 44.8 Å². The van der Waals surface area contributed by atoms with E-state index in [0.717, 1.165) is 11.3 Å². The van der Waals surface area contributed by atoms with Crippen LogP contribution in [0.4, 0.5) is 0 Å². The summed E-state index contributed by atoms with van der Waals surface area (Å²) < 4.78 is 15.8. The molecule has 2 rings (SSSR count). The molecule has 86 valence electrons. The fraction of sp³-hybridized carbons (Fsp3) is 0.417. The van der Waals surface area contributed by atoms with E-state index in [1.54, 1.807) is 0 Å². The first-order valence-electron chi connectivity index (χ1n) is 5.16. The number of esters is 1. The molecule has 4 nitrogen and oxygen atoms in total. The van der Waals surface area contributed by atoms with E-state index in [9.17, 15) is 4.79 Å². The van der Waals surface area contributed by atoms with Crippen molar-refractivity contribution in [2.24, 2.45) is 0 Å². The summed E-state index contributed by atoms with van der Waals surface area (Å²) in [6, 6.07) is 5.74. The molecule has 1 aliphatic rings. The zero-order valence-electron chi connectivity index (χ0n) is 9.36. The number of benzene rings is 1. The molecule has 0 fully saturated rings. The molecule has 1 aromatic carbocycles. The molecule has 1 aliphatic heterocycles. The Morgan fingerprint density at radius 3 is 3.06 bits per heavy atom. The van der Waals surface area contributed by atoms with Crippen molar-refractivity contribution in [1.29, 1.82) is 0 Å². The van der Waals surface area contributed by atoms with Gasteiger partial charge in [-0.05, 0) is 24.6 Å². The maximum absolute atomic E-state index is 11.1. The zero-order chi connectivity index (χ0) is 11.5. The van der Waals surface area contributed by atoms with Crippen LogP contribution in [-0.2, 0) is 9.53 Å². The summed E-state index contributed by atoms with van der Waals surface area (Å²) >= 11 is 0. The second-order valence-corrected chi connectivity index (χ2v) is 3.78. The molecule has 16 heavy (non-hydrogen) atoms. The molecular formula is C12H14O4. The van der Waals surface area contributed by atoms with Crippen molar-refractivity contribution in [2.75, 3.05) is 13.7 Å². The lowest BCUT2D eigenvalue weighted by Crippen LogP contribution is -2.31. The number of carbonyl (C=O) groups is 1. The molecule has 0 saturated carbocycles. The summed E-state index contributed by atoms with van der Waals surface area (Å²) in [5.41, 5.74) is 1.10. The lowest BCUT2D eigenvalue weighted by atomic mass is 10.2. The van der Waals surface area contributed by atoms with Gasteiger partial charge >= 0.3 is 5.97 Å². The van der Waals surface area contributed by atoms with Crippen molar-refractivity contribution >= 4 is 5.97 Å². The summed E-state index contributed by atoms with van der Waals surface area (Å²) in [4.78, 5) is 11.1. The third kappa shape index (κ3) is 2.27. The Hall–Kier alpha value is -1.71. The molecular weight excluding hydrogens is 208 g/mol. The maximum Gasteiger partial charge on any atom is 0.309 e. The highest BCUT2D eigenvalue weighted by molar-refractivity contribution is 5.70.